The van der Waals surface area contributed by atoms with E-state index in [1.165, 1.54) is 24.1 Å². The summed E-state index contributed by atoms with van der Waals surface area (Å²) < 4.78 is 0. The predicted molar refractivity (Wildman–Crippen MR) is 110 cm³/mol. The SMILES string of the molecule is CCC(C)(C)[C@@H]1CCc2c(sc(NC(=O)[C@@H]3C[C@H]4CC[C@H]3C4)c2C(N)=O)C1. The molecule has 5 heteroatoms. The lowest BCUT2D eigenvalue weighted by Crippen LogP contribution is -2.29. The molecule has 2 fully saturated rings. The molecule has 2 saturated carbocycles. The fourth-order valence-corrected chi connectivity index (χ4v) is 7.00. The summed E-state index contributed by atoms with van der Waals surface area (Å²) in [5.41, 5.74) is 7.71. The van der Waals surface area contributed by atoms with E-state index in [2.05, 4.69) is 26.1 Å². The topological polar surface area (TPSA) is 72.2 Å². The molecule has 1 heterocycles. The first kappa shape index (κ1) is 19.0. The average Bonchev–Trinajstić information content (AvgIpc) is 3.34. The summed E-state index contributed by atoms with van der Waals surface area (Å²) in [5, 5.41) is 3.83. The number of nitrogens with two attached hydrogens (primary N) is 1. The van der Waals surface area contributed by atoms with Crippen molar-refractivity contribution >= 4 is 28.2 Å². The molecule has 2 amide bonds. The number of amides is 2. The highest BCUT2D eigenvalue weighted by molar-refractivity contribution is 7.17. The maximum absolute atomic E-state index is 12.9. The first-order valence-corrected chi connectivity index (χ1v) is 11.4. The molecule has 3 aliphatic rings. The zero-order valence-electron chi connectivity index (χ0n) is 16.8. The Balaban J connectivity index is 1.57. The zero-order chi connectivity index (χ0) is 19.3. The normalized spacial score (nSPS) is 29.6. The highest BCUT2D eigenvalue weighted by atomic mass is 32.1. The van der Waals surface area contributed by atoms with Crippen LogP contribution in [0.3, 0.4) is 0 Å². The maximum atomic E-state index is 12.9. The van der Waals surface area contributed by atoms with Crippen molar-refractivity contribution in [2.75, 3.05) is 5.32 Å². The van der Waals surface area contributed by atoms with Gasteiger partial charge in [-0.3, -0.25) is 9.59 Å². The Morgan fingerprint density at radius 2 is 2.00 bits per heavy atom. The molecule has 0 spiro atoms. The highest BCUT2D eigenvalue weighted by Gasteiger charge is 2.43. The van der Waals surface area contributed by atoms with E-state index in [0.717, 1.165) is 43.6 Å². The number of anilines is 1. The third-order valence-corrected chi connectivity index (χ3v) is 9.01. The molecule has 4 atom stereocenters. The molecule has 3 N–H and O–H groups in total. The number of nitrogens with one attached hydrogen (secondary N) is 1. The second kappa shape index (κ2) is 6.91. The van der Waals surface area contributed by atoms with E-state index in [0.29, 0.717) is 27.8 Å². The van der Waals surface area contributed by atoms with Crippen molar-refractivity contribution < 1.29 is 9.59 Å². The number of thiophene rings is 1. The number of hydrogen-bond donors (Lipinski definition) is 2. The minimum Gasteiger partial charge on any atom is -0.365 e. The van der Waals surface area contributed by atoms with Crippen molar-refractivity contribution in [2.45, 2.75) is 72.1 Å². The van der Waals surface area contributed by atoms with Crippen LogP contribution in [0.25, 0.3) is 0 Å². The first-order chi connectivity index (χ1) is 12.8. The lowest BCUT2D eigenvalue weighted by atomic mass is 9.69. The van der Waals surface area contributed by atoms with Crippen LogP contribution in [0.15, 0.2) is 0 Å². The van der Waals surface area contributed by atoms with Gasteiger partial charge in [-0.25, -0.2) is 0 Å². The van der Waals surface area contributed by atoms with E-state index in [1.54, 1.807) is 11.3 Å². The molecule has 4 nitrogen and oxygen atoms in total. The molecule has 1 aromatic rings. The van der Waals surface area contributed by atoms with Crippen LogP contribution in [0.5, 0.6) is 0 Å². The number of carbonyl (C=O) groups excluding carboxylic acids is 2. The summed E-state index contributed by atoms with van der Waals surface area (Å²) >= 11 is 1.60. The van der Waals surface area contributed by atoms with E-state index in [1.807, 2.05) is 0 Å². The standard InChI is InChI=1S/C22H32N2O2S/c1-4-22(2,3)14-7-8-15-17(11-14)27-21(18(15)19(23)25)24-20(26)16-10-12-5-6-13(16)9-12/h12-14,16H,4-11H2,1-3H3,(H2,23,25)(H,24,26)/t12-,13-,14+,16+/m0/s1. The third kappa shape index (κ3) is 3.32. The van der Waals surface area contributed by atoms with E-state index in [4.69, 9.17) is 5.73 Å². The molecule has 27 heavy (non-hydrogen) atoms. The van der Waals surface area contributed by atoms with Crippen LogP contribution in [-0.4, -0.2) is 11.8 Å². The fraction of sp³-hybridized carbons (Fsp3) is 0.727. The summed E-state index contributed by atoms with van der Waals surface area (Å²) in [6.07, 6.45) is 8.80. The van der Waals surface area contributed by atoms with Crippen LogP contribution in [0.4, 0.5) is 5.00 Å². The number of hydrogen-bond acceptors (Lipinski definition) is 3. The van der Waals surface area contributed by atoms with E-state index in [-0.39, 0.29) is 11.8 Å². The van der Waals surface area contributed by atoms with Crippen molar-refractivity contribution in [3.8, 4) is 0 Å². The van der Waals surface area contributed by atoms with Crippen LogP contribution in [-0.2, 0) is 17.6 Å². The molecule has 0 aromatic carbocycles. The Labute approximate surface area is 166 Å². The molecule has 0 aliphatic heterocycles. The van der Waals surface area contributed by atoms with Gasteiger partial charge < -0.3 is 11.1 Å². The van der Waals surface area contributed by atoms with Crippen molar-refractivity contribution in [1.29, 1.82) is 0 Å². The number of fused-ring (bicyclic) bond motifs is 3. The summed E-state index contributed by atoms with van der Waals surface area (Å²) in [6.45, 7) is 6.92. The lowest BCUT2D eigenvalue weighted by Gasteiger charge is -2.36. The van der Waals surface area contributed by atoms with Gasteiger partial charge in [0.25, 0.3) is 5.91 Å². The van der Waals surface area contributed by atoms with Gasteiger partial charge in [0.1, 0.15) is 5.00 Å². The Morgan fingerprint density at radius 1 is 1.22 bits per heavy atom. The zero-order valence-corrected chi connectivity index (χ0v) is 17.6. The van der Waals surface area contributed by atoms with E-state index >= 15 is 0 Å². The number of rotatable bonds is 5. The first-order valence-electron chi connectivity index (χ1n) is 10.5. The van der Waals surface area contributed by atoms with Crippen LogP contribution >= 0.6 is 11.3 Å². The number of primary amides is 1. The highest BCUT2D eigenvalue weighted by Crippen LogP contribution is 2.49. The summed E-state index contributed by atoms with van der Waals surface area (Å²) in [7, 11) is 0. The van der Waals surface area contributed by atoms with Crippen molar-refractivity contribution in [3.63, 3.8) is 0 Å². The molecular weight excluding hydrogens is 356 g/mol. The quantitative estimate of drug-likeness (QED) is 0.763. The molecule has 0 unspecified atom stereocenters. The minimum atomic E-state index is -0.399. The molecule has 1 aromatic heterocycles. The third-order valence-electron chi connectivity index (χ3n) is 7.84. The number of carbonyl (C=O) groups is 2. The van der Waals surface area contributed by atoms with Gasteiger partial charge in [0.15, 0.2) is 0 Å². The van der Waals surface area contributed by atoms with Gasteiger partial charge in [-0.2, -0.15) is 0 Å². The van der Waals surface area contributed by atoms with Gasteiger partial charge in [-0.1, -0.05) is 33.6 Å². The van der Waals surface area contributed by atoms with Gasteiger partial charge >= 0.3 is 0 Å². The van der Waals surface area contributed by atoms with Crippen LogP contribution in [0.1, 0.15) is 80.1 Å². The molecule has 148 valence electrons. The summed E-state index contributed by atoms with van der Waals surface area (Å²) in [6, 6.07) is 0. The van der Waals surface area contributed by atoms with Gasteiger partial charge in [0, 0.05) is 10.8 Å². The minimum absolute atomic E-state index is 0.105. The second-order valence-electron chi connectivity index (χ2n) is 9.62. The molecule has 4 rings (SSSR count). The molecule has 0 radical (unpaired) electrons. The maximum Gasteiger partial charge on any atom is 0.251 e. The van der Waals surface area contributed by atoms with E-state index in [9.17, 15) is 9.59 Å². The van der Waals surface area contributed by atoms with Gasteiger partial charge in [0.2, 0.25) is 5.91 Å². The average molecular weight is 389 g/mol. The van der Waals surface area contributed by atoms with Gasteiger partial charge in [-0.15, -0.1) is 11.3 Å². The largest absolute Gasteiger partial charge is 0.365 e. The molecule has 2 bridgehead atoms. The van der Waals surface area contributed by atoms with Crippen LogP contribution in [0, 0.1) is 29.1 Å². The van der Waals surface area contributed by atoms with Crippen LogP contribution in [0.2, 0.25) is 0 Å². The fourth-order valence-electron chi connectivity index (χ4n) is 5.66. The Hall–Kier alpha value is -1.36. The lowest BCUT2D eigenvalue weighted by molar-refractivity contribution is -0.121. The van der Waals surface area contributed by atoms with Crippen molar-refractivity contribution in [2.24, 2.45) is 34.8 Å². The smallest absolute Gasteiger partial charge is 0.251 e. The Bertz CT molecular complexity index is 767. The Kier molecular flexibility index (Phi) is 4.86. The summed E-state index contributed by atoms with van der Waals surface area (Å²) in [4.78, 5) is 26.4. The monoisotopic (exact) mass is 388 g/mol. The Morgan fingerprint density at radius 3 is 2.59 bits per heavy atom. The van der Waals surface area contributed by atoms with Gasteiger partial charge in [-0.05, 0) is 67.3 Å². The summed E-state index contributed by atoms with van der Waals surface area (Å²) in [5.74, 6) is 1.71. The molecule has 0 saturated heterocycles. The van der Waals surface area contributed by atoms with Gasteiger partial charge in [0.05, 0.1) is 5.56 Å². The molecular formula is C22H32N2O2S. The molecule has 3 aliphatic carbocycles. The van der Waals surface area contributed by atoms with E-state index < -0.39 is 5.91 Å². The van der Waals surface area contributed by atoms with Crippen LogP contribution < -0.4 is 11.1 Å². The van der Waals surface area contributed by atoms with Crippen molar-refractivity contribution in [1.82, 2.24) is 0 Å². The van der Waals surface area contributed by atoms with Crippen molar-refractivity contribution in [3.05, 3.63) is 16.0 Å². The predicted octanol–water partition coefficient (Wildman–Crippen LogP) is 4.76. The second-order valence-corrected chi connectivity index (χ2v) is 10.7.